The molecule has 0 saturated carbocycles. The van der Waals surface area contributed by atoms with Crippen LogP contribution < -0.4 is 0 Å². The second kappa shape index (κ2) is 6.47. The average molecular weight is 307 g/mol. The first-order valence-electron chi connectivity index (χ1n) is 6.08. The molecular formula is C14H13NO5S. The third-order valence-corrected chi connectivity index (χ3v) is 4.25. The lowest BCUT2D eigenvalue weighted by molar-refractivity contribution is -0.385. The van der Waals surface area contributed by atoms with E-state index in [-0.39, 0.29) is 17.2 Å². The SMILES string of the molecule is O=[N+]([O-])c1ccccc1COCS(=O)(=O)c1ccccc1. The molecule has 0 atom stereocenters. The van der Waals surface area contributed by atoms with Crippen molar-refractivity contribution in [2.75, 3.05) is 5.94 Å². The van der Waals surface area contributed by atoms with Crippen molar-refractivity contribution in [1.29, 1.82) is 0 Å². The number of benzene rings is 2. The summed E-state index contributed by atoms with van der Waals surface area (Å²) in [6.07, 6.45) is 0. The maximum Gasteiger partial charge on any atom is 0.274 e. The van der Waals surface area contributed by atoms with E-state index in [9.17, 15) is 18.5 Å². The molecule has 6 nitrogen and oxygen atoms in total. The molecule has 0 N–H and O–H groups in total. The highest BCUT2D eigenvalue weighted by Gasteiger charge is 2.16. The quantitative estimate of drug-likeness (QED) is 0.604. The molecule has 0 unspecified atom stereocenters. The van der Waals surface area contributed by atoms with Gasteiger partial charge in [-0.15, -0.1) is 0 Å². The van der Waals surface area contributed by atoms with Gasteiger partial charge in [-0.25, -0.2) is 8.42 Å². The Balaban J connectivity index is 2.04. The van der Waals surface area contributed by atoms with Gasteiger partial charge in [0.1, 0.15) is 0 Å². The van der Waals surface area contributed by atoms with Gasteiger partial charge < -0.3 is 4.74 Å². The molecule has 2 rings (SSSR count). The van der Waals surface area contributed by atoms with Gasteiger partial charge >= 0.3 is 0 Å². The number of para-hydroxylation sites is 1. The van der Waals surface area contributed by atoms with Crippen molar-refractivity contribution >= 4 is 15.5 Å². The van der Waals surface area contributed by atoms with Gasteiger partial charge in [0.05, 0.1) is 22.0 Å². The third-order valence-electron chi connectivity index (χ3n) is 2.79. The number of hydrogen-bond donors (Lipinski definition) is 0. The number of ether oxygens (including phenoxy) is 1. The zero-order chi connectivity index (χ0) is 15.3. The van der Waals surface area contributed by atoms with E-state index in [0.717, 1.165) is 0 Å². The Kier molecular flexibility index (Phi) is 4.66. The van der Waals surface area contributed by atoms with Crippen LogP contribution in [-0.2, 0) is 21.2 Å². The molecule has 21 heavy (non-hydrogen) atoms. The minimum absolute atomic E-state index is 0.0883. The minimum atomic E-state index is -3.56. The van der Waals surface area contributed by atoms with Crippen molar-refractivity contribution in [1.82, 2.24) is 0 Å². The first-order valence-corrected chi connectivity index (χ1v) is 7.74. The van der Waals surface area contributed by atoms with E-state index in [1.165, 1.54) is 24.3 Å². The Morgan fingerprint density at radius 1 is 1.00 bits per heavy atom. The van der Waals surface area contributed by atoms with E-state index in [1.807, 2.05) is 0 Å². The summed E-state index contributed by atoms with van der Waals surface area (Å²) in [6, 6.07) is 14.0. The average Bonchev–Trinajstić information content (AvgIpc) is 2.48. The van der Waals surface area contributed by atoms with Crippen LogP contribution in [0.15, 0.2) is 59.5 Å². The number of nitro benzene ring substituents is 1. The normalized spacial score (nSPS) is 11.2. The fourth-order valence-corrected chi connectivity index (χ4v) is 2.78. The molecule has 0 radical (unpaired) electrons. The molecule has 2 aromatic carbocycles. The molecule has 0 amide bonds. The standard InChI is InChI=1S/C14H13NO5S/c16-15(17)14-9-5-4-6-12(14)10-20-11-21(18,19)13-7-2-1-3-8-13/h1-9H,10-11H2. The topological polar surface area (TPSA) is 86.5 Å². The summed E-state index contributed by atoms with van der Waals surface area (Å²) in [5.74, 6) is -0.525. The minimum Gasteiger partial charge on any atom is -0.360 e. The van der Waals surface area contributed by atoms with Gasteiger partial charge in [-0.2, -0.15) is 0 Å². The molecule has 0 aliphatic heterocycles. The van der Waals surface area contributed by atoms with Gasteiger partial charge in [0.15, 0.2) is 5.94 Å². The fourth-order valence-electron chi connectivity index (χ4n) is 1.77. The highest BCUT2D eigenvalue weighted by Crippen LogP contribution is 2.19. The Bertz CT molecular complexity index is 728. The van der Waals surface area contributed by atoms with Crippen LogP contribution in [0.1, 0.15) is 5.56 Å². The molecule has 110 valence electrons. The highest BCUT2D eigenvalue weighted by atomic mass is 32.2. The molecule has 7 heteroatoms. The van der Waals surface area contributed by atoms with Crippen molar-refractivity contribution in [2.45, 2.75) is 11.5 Å². The first kappa shape index (κ1) is 15.1. The lowest BCUT2D eigenvalue weighted by Crippen LogP contribution is -2.10. The summed E-state index contributed by atoms with van der Waals surface area (Å²) in [5.41, 5.74) is 0.250. The van der Waals surface area contributed by atoms with Crippen molar-refractivity contribution in [3.05, 3.63) is 70.3 Å². The molecule has 0 fully saturated rings. The van der Waals surface area contributed by atoms with Gasteiger partial charge in [-0.3, -0.25) is 10.1 Å². The van der Waals surface area contributed by atoms with E-state index >= 15 is 0 Å². The number of nitrogens with zero attached hydrogens (tertiary/aromatic N) is 1. The van der Waals surface area contributed by atoms with Crippen LogP contribution in [0.4, 0.5) is 5.69 Å². The van der Waals surface area contributed by atoms with Crippen LogP contribution in [-0.4, -0.2) is 19.3 Å². The number of hydrogen-bond acceptors (Lipinski definition) is 5. The van der Waals surface area contributed by atoms with Crippen molar-refractivity contribution in [2.24, 2.45) is 0 Å². The van der Waals surface area contributed by atoms with Crippen LogP contribution >= 0.6 is 0 Å². The molecule has 0 aliphatic rings. The summed E-state index contributed by atoms with van der Waals surface area (Å²) in [4.78, 5) is 10.5. The molecule has 0 heterocycles. The molecule has 2 aromatic rings. The van der Waals surface area contributed by atoms with E-state index in [4.69, 9.17) is 4.74 Å². The number of rotatable bonds is 6. The number of sulfone groups is 1. The van der Waals surface area contributed by atoms with Crippen molar-refractivity contribution in [3.63, 3.8) is 0 Å². The van der Waals surface area contributed by atoms with Gasteiger partial charge in [-0.05, 0) is 18.2 Å². The summed E-state index contributed by atoms with van der Waals surface area (Å²) < 4.78 is 29.1. The van der Waals surface area contributed by atoms with Crippen molar-refractivity contribution < 1.29 is 18.1 Å². The predicted molar refractivity (Wildman–Crippen MR) is 76.4 cm³/mol. The summed E-state index contributed by atoms with van der Waals surface area (Å²) in [7, 11) is -3.56. The second-order valence-corrected chi connectivity index (χ2v) is 6.22. The monoisotopic (exact) mass is 307 g/mol. The van der Waals surface area contributed by atoms with Gasteiger partial charge in [0, 0.05) is 6.07 Å². The predicted octanol–water partition coefficient (Wildman–Crippen LogP) is 2.54. The van der Waals surface area contributed by atoms with Crippen molar-refractivity contribution in [3.8, 4) is 0 Å². The summed E-state index contributed by atoms with van der Waals surface area (Å²) >= 11 is 0. The van der Waals surface area contributed by atoms with E-state index in [1.54, 1.807) is 30.3 Å². The van der Waals surface area contributed by atoms with Crippen LogP contribution in [0, 0.1) is 10.1 Å². The maximum atomic E-state index is 12.0. The first-order chi connectivity index (χ1) is 10.0. The Morgan fingerprint density at radius 3 is 2.29 bits per heavy atom. The zero-order valence-electron chi connectivity index (χ0n) is 11.0. The lowest BCUT2D eigenvalue weighted by Gasteiger charge is -2.06. The molecular weight excluding hydrogens is 294 g/mol. The summed E-state index contributed by atoms with van der Waals surface area (Å²) in [6.45, 7) is -0.136. The largest absolute Gasteiger partial charge is 0.360 e. The number of nitro groups is 1. The van der Waals surface area contributed by atoms with E-state index in [2.05, 4.69) is 0 Å². The fraction of sp³-hybridized carbons (Fsp3) is 0.143. The van der Waals surface area contributed by atoms with E-state index < -0.39 is 20.7 Å². The van der Waals surface area contributed by atoms with Crippen LogP contribution in [0.25, 0.3) is 0 Å². The Hall–Kier alpha value is -2.25. The second-order valence-electron chi connectivity index (χ2n) is 4.28. The lowest BCUT2D eigenvalue weighted by atomic mass is 10.2. The summed E-state index contributed by atoms with van der Waals surface area (Å²) in [5, 5.41) is 10.8. The van der Waals surface area contributed by atoms with Crippen LogP contribution in [0.3, 0.4) is 0 Å². The Morgan fingerprint density at radius 2 is 1.62 bits per heavy atom. The molecule has 0 bridgehead atoms. The van der Waals surface area contributed by atoms with Crippen LogP contribution in [0.2, 0.25) is 0 Å². The Labute approximate surface area is 122 Å². The molecule has 0 saturated heterocycles. The third kappa shape index (κ3) is 3.87. The maximum absolute atomic E-state index is 12.0. The highest BCUT2D eigenvalue weighted by molar-refractivity contribution is 7.91. The van der Waals surface area contributed by atoms with Gasteiger partial charge in [0.25, 0.3) is 5.69 Å². The zero-order valence-corrected chi connectivity index (χ0v) is 11.8. The smallest absolute Gasteiger partial charge is 0.274 e. The molecule has 0 spiro atoms. The molecule has 0 aliphatic carbocycles. The molecule has 0 aromatic heterocycles. The van der Waals surface area contributed by atoms with Gasteiger partial charge in [0.2, 0.25) is 9.84 Å². The van der Waals surface area contributed by atoms with Crippen LogP contribution in [0.5, 0.6) is 0 Å². The van der Waals surface area contributed by atoms with Gasteiger partial charge in [-0.1, -0.05) is 30.3 Å². The van der Waals surface area contributed by atoms with E-state index in [0.29, 0.717) is 5.56 Å².